The topological polar surface area (TPSA) is 89.8 Å². The van der Waals surface area contributed by atoms with Crippen molar-refractivity contribution < 1.29 is 20.1 Å². The van der Waals surface area contributed by atoms with Gasteiger partial charge in [-0.25, -0.2) is 0 Å². The predicted octanol–water partition coefficient (Wildman–Crippen LogP) is 2.30. The van der Waals surface area contributed by atoms with E-state index >= 15 is 0 Å². The fourth-order valence-corrected chi connectivity index (χ4v) is 2.13. The predicted molar refractivity (Wildman–Crippen MR) is 74.4 cm³/mol. The summed E-state index contributed by atoms with van der Waals surface area (Å²) < 4.78 is 0. The number of benzene rings is 2. The fourth-order valence-electron chi connectivity index (χ4n) is 2.13. The third-order valence-electron chi connectivity index (χ3n) is 3.10. The van der Waals surface area contributed by atoms with Gasteiger partial charge >= 0.3 is 0 Å². The van der Waals surface area contributed by atoms with E-state index in [1.54, 1.807) is 6.07 Å². The highest BCUT2D eigenvalue weighted by Gasteiger charge is 2.24. The monoisotopic (exact) mass is 269 g/mol. The average molecular weight is 269 g/mol. The molecule has 0 spiro atoms. The van der Waals surface area contributed by atoms with E-state index in [4.69, 9.17) is 0 Å². The van der Waals surface area contributed by atoms with Crippen LogP contribution in [0, 0.1) is 0 Å². The van der Waals surface area contributed by atoms with E-state index in [1.807, 2.05) is 0 Å². The lowest BCUT2D eigenvalue weighted by Crippen LogP contribution is -2.03. The lowest BCUT2D eigenvalue weighted by molar-refractivity contribution is -0.110. The first-order valence-electron chi connectivity index (χ1n) is 5.93. The highest BCUT2D eigenvalue weighted by atomic mass is 16.3. The van der Waals surface area contributed by atoms with Crippen molar-refractivity contribution in [3.05, 3.63) is 47.5 Å². The Hall–Kier alpha value is -2.95. The van der Waals surface area contributed by atoms with Gasteiger partial charge < -0.3 is 20.6 Å². The molecule has 5 nitrogen and oxygen atoms in total. The Bertz CT molecular complexity index is 750. The minimum absolute atomic E-state index is 0.0100. The number of amides is 1. The summed E-state index contributed by atoms with van der Waals surface area (Å²) in [5.74, 6) is -0.333. The zero-order valence-electron chi connectivity index (χ0n) is 10.3. The first-order chi connectivity index (χ1) is 9.54. The molecule has 1 amide bonds. The molecule has 0 saturated heterocycles. The molecular formula is C15H11NO4. The van der Waals surface area contributed by atoms with Gasteiger partial charge in [0, 0.05) is 22.4 Å². The van der Waals surface area contributed by atoms with Crippen molar-refractivity contribution in [2.45, 2.75) is 0 Å². The summed E-state index contributed by atoms with van der Waals surface area (Å²) in [4.78, 5) is 11.9. The lowest BCUT2D eigenvalue weighted by atomic mass is 10.0. The van der Waals surface area contributed by atoms with Crippen molar-refractivity contribution in [3.63, 3.8) is 0 Å². The number of nitrogens with one attached hydrogen (secondary N) is 1. The summed E-state index contributed by atoms with van der Waals surface area (Å²) in [5.41, 5.74) is 1.79. The third kappa shape index (κ3) is 1.95. The summed E-state index contributed by atoms with van der Waals surface area (Å²) in [6.07, 6.45) is 1.47. The van der Waals surface area contributed by atoms with Gasteiger partial charge in [0.1, 0.15) is 17.2 Å². The number of aromatic hydroxyl groups is 3. The van der Waals surface area contributed by atoms with Crippen LogP contribution < -0.4 is 5.32 Å². The van der Waals surface area contributed by atoms with Gasteiger partial charge in [-0.2, -0.15) is 0 Å². The number of hydrogen-bond acceptors (Lipinski definition) is 4. The number of carbonyl (C=O) groups is 1. The molecule has 0 aliphatic carbocycles. The van der Waals surface area contributed by atoms with Crippen LogP contribution in [0.3, 0.4) is 0 Å². The van der Waals surface area contributed by atoms with E-state index in [1.165, 1.54) is 36.4 Å². The van der Waals surface area contributed by atoms with Crippen LogP contribution in [-0.2, 0) is 4.79 Å². The number of hydrogen-bond donors (Lipinski definition) is 4. The molecule has 20 heavy (non-hydrogen) atoms. The Morgan fingerprint density at radius 1 is 0.950 bits per heavy atom. The van der Waals surface area contributed by atoms with Gasteiger partial charge in [0.15, 0.2) is 0 Å². The highest BCUT2D eigenvalue weighted by Crippen LogP contribution is 2.36. The Labute approximate surface area is 114 Å². The normalized spacial score (nSPS) is 15.2. The smallest absolute Gasteiger partial charge is 0.256 e. The van der Waals surface area contributed by atoms with E-state index in [-0.39, 0.29) is 23.2 Å². The van der Waals surface area contributed by atoms with Gasteiger partial charge in [-0.3, -0.25) is 4.79 Å². The van der Waals surface area contributed by atoms with E-state index in [0.717, 1.165) is 0 Å². The second-order valence-corrected chi connectivity index (χ2v) is 4.49. The standard InChI is InChI=1S/C15H11NO4/c17-9-2-4-14(19)8(5-9)6-12-11-7-10(18)1-3-13(11)16-15(12)20/h1-7,17-19H,(H,16,20)/b12-6+. The van der Waals surface area contributed by atoms with Crippen molar-refractivity contribution >= 4 is 23.2 Å². The van der Waals surface area contributed by atoms with Crippen LogP contribution in [0.5, 0.6) is 17.2 Å². The summed E-state index contributed by atoms with van der Waals surface area (Å²) >= 11 is 0. The van der Waals surface area contributed by atoms with E-state index in [0.29, 0.717) is 22.4 Å². The number of fused-ring (bicyclic) bond motifs is 1. The maximum Gasteiger partial charge on any atom is 0.256 e. The lowest BCUT2D eigenvalue weighted by Gasteiger charge is -2.02. The molecule has 1 heterocycles. The van der Waals surface area contributed by atoms with Crippen molar-refractivity contribution in [2.24, 2.45) is 0 Å². The van der Waals surface area contributed by atoms with Crippen LogP contribution in [0.2, 0.25) is 0 Å². The van der Waals surface area contributed by atoms with Gasteiger partial charge in [0.2, 0.25) is 0 Å². The SMILES string of the molecule is O=C1Nc2ccc(O)cc2/C1=C\c1cc(O)ccc1O. The van der Waals surface area contributed by atoms with E-state index < -0.39 is 0 Å². The summed E-state index contributed by atoms with van der Waals surface area (Å²) in [5, 5.41) is 31.4. The minimum Gasteiger partial charge on any atom is -0.508 e. The molecule has 0 unspecified atom stereocenters. The van der Waals surface area contributed by atoms with Crippen molar-refractivity contribution in [2.75, 3.05) is 5.32 Å². The molecule has 5 heteroatoms. The number of phenols is 3. The molecular weight excluding hydrogens is 258 g/mol. The second kappa shape index (κ2) is 4.31. The molecule has 0 bridgehead atoms. The molecule has 2 aromatic rings. The molecule has 1 aliphatic rings. The molecule has 0 aromatic heterocycles. The van der Waals surface area contributed by atoms with Gasteiger partial charge in [-0.05, 0) is 42.5 Å². The largest absolute Gasteiger partial charge is 0.508 e. The Morgan fingerprint density at radius 3 is 2.45 bits per heavy atom. The molecule has 0 fully saturated rings. The summed E-state index contributed by atoms with van der Waals surface area (Å²) in [7, 11) is 0. The van der Waals surface area contributed by atoms with E-state index in [9.17, 15) is 20.1 Å². The zero-order valence-corrected chi connectivity index (χ0v) is 10.3. The van der Waals surface area contributed by atoms with Crippen LogP contribution in [0.15, 0.2) is 36.4 Å². The van der Waals surface area contributed by atoms with Crippen LogP contribution in [0.25, 0.3) is 11.6 Å². The Morgan fingerprint density at radius 2 is 1.65 bits per heavy atom. The van der Waals surface area contributed by atoms with Crippen LogP contribution in [-0.4, -0.2) is 21.2 Å². The first-order valence-corrected chi connectivity index (χ1v) is 5.93. The number of anilines is 1. The van der Waals surface area contributed by atoms with Crippen molar-refractivity contribution in [1.82, 2.24) is 0 Å². The molecule has 2 aromatic carbocycles. The third-order valence-corrected chi connectivity index (χ3v) is 3.10. The Kier molecular flexibility index (Phi) is 2.61. The first kappa shape index (κ1) is 12.1. The molecule has 0 atom stereocenters. The molecule has 4 N–H and O–H groups in total. The highest BCUT2D eigenvalue weighted by molar-refractivity contribution is 6.35. The number of rotatable bonds is 1. The average Bonchev–Trinajstić information content (AvgIpc) is 2.70. The van der Waals surface area contributed by atoms with Gasteiger partial charge in [0.25, 0.3) is 5.91 Å². The van der Waals surface area contributed by atoms with Gasteiger partial charge in [-0.1, -0.05) is 0 Å². The van der Waals surface area contributed by atoms with Gasteiger partial charge in [0.05, 0.1) is 0 Å². The van der Waals surface area contributed by atoms with Crippen LogP contribution in [0.1, 0.15) is 11.1 Å². The van der Waals surface area contributed by atoms with E-state index in [2.05, 4.69) is 5.32 Å². The molecule has 3 rings (SSSR count). The number of phenolic OH excluding ortho intramolecular Hbond substituents is 3. The molecule has 0 saturated carbocycles. The summed E-state index contributed by atoms with van der Waals surface area (Å²) in [6, 6.07) is 8.61. The second-order valence-electron chi connectivity index (χ2n) is 4.49. The van der Waals surface area contributed by atoms with Crippen molar-refractivity contribution in [1.29, 1.82) is 0 Å². The quantitative estimate of drug-likeness (QED) is 0.472. The number of carbonyl (C=O) groups excluding carboxylic acids is 1. The van der Waals surface area contributed by atoms with Crippen molar-refractivity contribution in [3.8, 4) is 17.2 Å². The maximum atomic E-state index is 11.9. The van der Waals surface area contributed by atoms with Crippen LogP contribution >= 0.6 is 0 Å². The van der Waals surface area contributed by atoms with Crippen LogP contribution in [0.4, 0.5) is 5.69 Å². The van der Waals surface area contributed by atoms with Gasteiger partial charge in [-0.15, -0.1) is 0 Å². The minimum atomic E-state index is -0.326. The maximum absolute atomic E-state index is 11.9. The molecule has 0 radical (unpaired) electrons. The fraction of sp³-hybridized carbons (Fsp3) is 0. The molecule has 100 valence electrons. The summed E-state index contributed by atoms with van der Waals surface area (Å²) in [6.45, 7) is 0. The zero-order chi connectivity index (χ0) is 14.3. The Balaban J connectivity index is 2.15. The molecule has 1 aliphatic heterocycles.